The van der Waals surface area contributed by atoms with Gasteiger partial charge < -0.3 is 10.2 Å². The first-order valence-corrected chi connectivity index (χ1v) is 9.85. The van der Waals surface area contributed by atoms with Crippen molar-refractivity contribution in [3.05, 3.63) is 65.7 Å². The topological polar surface area (TPSA) is 66.7 Å². The van der Waals surface area contributed by atoms with Gasteiger partial charge in [-0.25, -0.2) is 4.98 Å². The number of hydrogen-bond acceptors (Lipinski definition) is 3. The molecule has 28 heavy (non-hydrogen) atoms. The lowest BCUT2D eigenvalue weighted by Gasteiger charge is -2.16. The molecule has 6 nitrogen and oxygen atoms in total. The molecule has 1 N–H and O–H groups in total. The zero-order valence-corrected chi connectivity index (χ0v) is 16.0. The van der Waals surface area contributed by atoms with Crippen LogP contribution in [0.5, 0.6) is 0 Å². The fraction of sp³-hybridized carbons (Fsp3) is 0.318. The number of carbonyl (C=O) groups excluding carboxylic acids is 2. The lowest BCUT2D eigenvalue weighted by atomic mass is 10.2. The number of fused-ring (bicyclic) bond motifs is 2. The number of anilines is 1. The Hall–Kier alpha value is -3.15. The molecule has 4 rings (SSSR count). The van der Waals surface area contributed by atoms with Gasteiger partial charge in [-0.3, -0.25) is 14.0 Å². The van der Waals surface area contributed by atoms with E-state index in [1.807, 2.05) is 42.5 Å². The summed E-state index contributed by atoms with van der Waals surface area (Å²) < 4.78 is 1.70. The first kappa shape index (κ1) is 18.2. The third-order valence-electron chi connectivity index (χ3n) is 5.15. The molecular weight excluding hydrogens is 352 g/mol. The van der Waals surface area contributed by atoms with Crippen LogP contribution < -0.4 is 10.2 Å². The summed E-state index contributed by atoms with van der Waals surface area (Å²) in [6, 6.07) is 13.4. The van der Waals surface area contributed by atoms with E-state index in [1.165, 1.54) is 0 Å². The van der Waals surface area contributed by atoms with E-state index in [-0.39, 0.29) is 17.6 Å². The molecule has 0 saturated heterocycles. The Labute approximate surface area is 164 Å². The second-order valence-electron chi connectivity index (χ2n) is 7.04. The third kappa shape index (κ3) is 3.26. The number of imidazole rings is 1. The van der Waals surface area contributed by atoms with Crippen LogP contribution in [0.1, 0.15) is 52.9 Å². The fourth-order valence-corrected chi connectivity index (χ4v) is 3.69. The summed E-state index contributed by atoms with van der Waals surface area (Å²) in [7, 11) is 0. The van der Waals surface area contributed by atoms with E-state index in [0.29, 0.717) is 24.3 Å². The average molecular weight is 376 g/mol. The number of hydrogen-bond donors (Lipinski definition) is 1. The Morgan fingerprint density at radius 3 is 2.79 bits per heavy atom. The van der Waals surface area contributed by atoms with Gasteiger partial charge in [0.25, 0.3) is 11.8 Å². The number of aromatic nitrogens is 2. The number of nitrogens with zero attached hydrogens (tertiary/aromatic N) is 3. The Morgan fingerprint density at radius 2 is 1.93 bits per heavy atom. The van der Waals surface area contributed by atoms with Crippen molar-refractivity contribution in [1.82, 2.24) is 14.7 Å². The first-order valence-electron chi connectivity index (χ1n) is 9.85. The van der Waals surface area contributed by atoms with Crippen LogP contribution >= 0.6 is 0 Å². The zero-order chi connectivity index (χ0) is 19.5. The summed E-state index contributed by atoms with van der Waals surface area (Å²) in [4.78, 5) is 32.2. The van der Waals surface area contributed by atoms with E-state index in [2.05, 4.69) is 17.2 Å². The molecule has 0 spiro atoms. The lowest BCUT2D eigenvalue weighted by molar-refractivity contribution is 0.0942. The summed E-state index contributed by atoms with van der Waals surface area (Å²) in [5, 5.41) is 2.92. The summed E-state index contributed by atoms with van der Waals surface area (Å²) >= 11 is 0. The second-order valence-corrected chi connectivity index (χ2v) is 7.04. The van der Waals surface area contributed by atoms with Crippen molar-refractivity contribution in [3.8, 4) is 0 Å². The van der Waals surface area contributed by atoms with Crippen LogP contribution in [0.3, 0.4) is 0 Å². The fourth-order valence-electron chi connectivity index (χ4n) is 3.69. The Kier molecular flexibility index (Phi) is 5.10. The van der Waals surface area contributed by atoms with E-state index in [4.69, 9.17) is 0 Å². The van der Waals surface area contributed by atoms with Crippen LogP contribution in [-0.4, -0.2) is 34.3 Å². The normalized spacial score (nSPS) is 13.0. The van der Waals surface area contributed by atoms with Crippen LogP contribution in [0.15, 0.2) is 48.7 Å². The van der Waals surface area contributed by atoms with E-state index < -0.39 is 0 Å². The summed E-state index contributed by atoms with van der Waals surface area (Å²) in [6.07, 6.45) is 5.71. The second kappa shape index (κ2) is 7.84. The number of pyridine rings is 1. The highest BCUT2D eigenvalue weighted by atomic mass is 16.2. The molecule has 2 amide bonds. The highest BCUT2D eigenvalue weighted by Gasteiger charge is 2.29. The summed E-state index contributed by atoms with van der Waals surface area (Å²) in [5.41, 5.74) is 3.05. The number of rotatable bonds is 6. The van der Waals surface area contributed by atoms with Crippen LogP contribution in [0.4, 0.5) is 5.69 Å². The Bertz CT molecular complexity index is 1020. The highest BCUT2D eigenvalue weighted by Crippen LogP contribution is 2.29. The smallest absolute Gasteiger partial charge is 0.287 e. The van der Waals surface area contributed by atoms with Gasteiger partial charge in [0.2, 0.25) is 5.82 Å². The molecule has 2 aromatic heterocycles. The van der Waals surface area contributed by atoms with Gasteiger partial charge in [0.1, 0.15) is 0 Å². The van der Waals surface area contributed by atoms with Crippen LogP contribution in [0.25, 0.3) is 5.52 Å². The maximum Gasteiger partial charge on any atom is 0.287 e. The lowest BCUT2D eigenvalue weighted by Crippen LogP contribution is -2.30. The van der Waals surface area contributed by atoms with Gasteiger partial charge in [0.05, 0.1) is 5.52 Å². The van der Waals surface area contributed by atoms with E-state index in [1.54, 1.807) is 15.5 Å². The molecule has 0 atom stereocenters. The zero-order valence-electron chi connectivity index (χ0n) is 16.0. The van der Waals surface area contributed by atoms with Crippen molar-refractivity contribution in [2.45, 2.75) is 32.6 Å². The monoisotopic (exact) mass is 376 g/mol. The van der Waals surface area contributed by atoms with Crippen molar-refractivity contribution in [2.24, 2.45) is 0 Å². The number of nitrogens with one attached hydrogen (secondary N) is 1. The van der Waals surface area contributed by atoms with Gasteiger partial charge in [-0.05, 0) is 36.6 Å². The van der Waals surface area contributed by atoms with Gasteiger partial charge in [0.15, 0.2) is 5.69 Å². The molecular formula is C22H24N4O2. The van der Waals surface area contributed by atoms with Crippen LogP contribution in [0, 0.1) is 0 Å². The number of amides is 2. The summed E-state index contributed by atoms with van der Waals surface area (Å²) in [6.45, 7) is 3.36. The Balaban J connectivity index is 1.65. The first-order chi connectivity index (χ1) is 13.7. The molecule has 0 radical (unpaired) electrons. The van der Waals surface area contributed by atoms with Crippen molar-refractivity contribution in [1.29, 1.82) is 0 Å². The minimum Gasteiger partial charge on any atom is -0.349 e. The van der Waals surface area contributed by atoms with Crippen molar-refractivity contribution < 1.29 is 9.59 Å². The predicted octanol–water partition coefficient (Wildman–Crippen LogP) is 3.46. The largest absolute Gasteiger partial charge is 0.349 e. The van der Waals surface area contributed by atoms with E-state index in [0.717, 1.165) is 36.9 Å². The van der Waals surface area contributed by atoms with Crippen molar-refractivity contribution in [2.75, 3.05) is 18.0 Å². The van der Waals surface area contributed by atoms with Gasteiger partial charge in [-0.1, -0.05) is 44.0 Å². The average Bonchev–Trinajstić information content (AvgIpc) is 3.33. The molecule has 0 unspecified atom stereocenters. The number of unbranched alkanes of at least 4 members (excludes halogenated alkanes) is 2. The van der Waals surface area contributed by atoms with Gasteiger partial charge in [0, 0.05) is 25.0 Å². The van der Waals surface area contributed by atoms with E-state index >= 15 is 0 Å². The number of carbonyl (C=O) groups is 2. The van der Waals surface area contributed by atoms with Gasteiger partial charge >= 0.3 is 0 Å². The van der Waals surface area contributed by atoms with Crippen LogP contribution in [-0.2, 0) is 6.42 Å². The van der Waals surface area contributed by atoms with E-state index in [9.17, 15) is 9.59 Å². The Morgan fingerprint density at radius 1 is 1.11 bits per heavy atom. The molecule has 144 valence electrons. The SMILES string of the molecule is CCCCCNC(=O)c1nc(C(=O)N2CCc3ccccc32)c2ccccn12. The van der Waals surface area contributed by atoms with Crippen molar-refractivity contribution in [3.63, 3.8) is 0 Å². The number of benzene rings is 1. The molecule has 0 bridgehead atoms. The molecule has 3 heterocycles. The molecule has 6 heteroatoms. The maximum absolute atomic E-state index is 13.3. The predicted molar refractivity (Wildman–Crippen MR) is 109 cm³/mol. The molecule has 1 aliphatic heterocycles. The quantitative estimate of drug-likeness (QED) is 0.670. The molecule has 0 aliphatic carbocycles. The maximum atomic E-state index is 13.3. The minimum absolute atomic E-state index is 0.168. The molecule has 1 aliphatic rings. The minimum atomic E-state index is -0.252. The van der Waals surface area contributed by atoms with Gasteiger partial charge in [-0.2, -0.15) is 0 Å². The molecule has 0 saturated carbocycles. The highest BCUT2D eigenvalue weighted by molar-refractivity contribution is 6.11. The molecule has 1 aromatic carbocycles. The van der Waals surface area contributed by atoms with Crippen molar-refractivity contribution >= 4 is 23.0 Å². The van der Waals surface area contributed by atoms with Gasteiger partial charge in [-0.15, -0.1) is 0 Å². The molecule has 3 aromatic rings. The number of para-hydroxylation sites is 1. The van der Waals surface area contributed by atoms with Crippen LogP contribution in [0.2, 0.25) is 0 Å². The third-order valence-corrected chi connectivity index (χ3v) is 5.15. The summed E-state index contributed by atoms with van der Waals surface area (Å²) in [5.74, 6) is -0.167. The standard InChI is InChI=1S/C22H24N4O2/c1-2-3-7-13-23-21(27)20-24-19(18-11-6-8-14-25(18)20)22(28)26-15-12-16-9-4-5-10-17(16)26/h4-6,8-11,14H,2-3,7,12-13,15H2,1H3,(H,23,27). The molecule has 0 fully saturated rings.